The molecule has 37 heavy (non-hydrogen) atoms. The smallest absolute Gasteiger partial charge is 0.410 e. The first-order chi connectivity index (χ1) is 17.7. The predicted octanol–water partition coefficient (Wildman–Crippen LogP) is 6.19. The topological polar surface area (TPSA) is 85.2 Å². The van der Waals surface area contributed by atoms with Crippen molar-refractivity contribution in [2.24, 2.45) is 0 Å². The number of hydrogen-bond acceptors (Lipinski definition) is 7. The number of thioether (sulfide) groups is 1. The minimum Gasteiger partial charge on any atom is -0.444 e. The summed E-state index contributed by atoms with van der Waals surface area (Å²) in [5, 5.41) is 9.38. The van der Waals surface area contributed by atoms with Gasteiger partial charge in [0.25, 0.3) is 0 Å². The number of nitrogens with one attached hydrogen (secondary N) is 1. The molecule has 0 bridgehead atoms. The van der Waals surface area contributed by atoms with Crippen molar-refractivity contribution in [2.45, 2.75) is 49.5 Å². The molecule has 0 saturated carbocycles. The van der Waals surface area contributed by atoms with Crippen LogP contribution in [-0.4, -0.2) is 54.7 Å². The Hall–Kier alpha value is -3.66. The summed E-state index contributed by atoms with van der Waals surface area (Å²) < 4.78 is 21.8. The first-order valence-corrected chi connectivity index (χ1v) is 13.1. The van der Waals surface area contributed by atoms with Crippen LogP contribution < -0.4 is 5.32 Å². The van der Waals surface area contributed by atoms with Crippen molar-refractivity contribution in [1.29, 1.82) is 0 Å². The SMILES string of the molecule is CC(C)(C)OC(=O)N1CCC(Sc2ccc3cnc(Nc4ccc(-n5cccn5)cc4F)cc3n2)CC1. The summed E-state index contributed by atoms with van der Waals surface area (Å²) in [6, 6.07) is 12.5. The van der Waals surface area contributed by atoms with E-state index in [1.54, 1.807) is 58.1 Å². The Balaban J connectivity index is 1.23. The van der Waals surface area contributed by atoms with Crippen LogP contribution in [0.3, 0.4) is 0 Å². The van der Waals surface area contributed by atoms with Crippen LogP contribution in [0.2, 0.25) is 0 Å². The van der Waals surface area contributed by atoms with Gasteiger partial charge in [0, 0.05) is 54.4 Å². The molecule has 4 heterocycles. The van der Waals surface area contributed by atoms with Gasteiger partial charge in [-0.15, -0.1) is 11.8 Å². The number of benzene rings is 1. The van der Waals surface area contributed by atoms with E-state index in [-0.39, 0.29) is 6.09 Å². The van der Waals surface area contributed by atoms with E-state index in [9.17, 15) is 9.18 Å². The number of amides is 1. The van der Waals surface area contributed by atoms with Gasteiger partial charge in [-0.1, -0.05) is 0 Å². The molecule has 1 saturated heterocycles. The highest BCUT2D eigenvalue weighted by Gasteiger charge is 2.27. The number of carbonyl (C=O) groups excluding carboxylic acids is 1. The van der Waals surface area contributed by atoms with Crippen LogP contribution in [0.5, 0.6) is 0 Å². The molecule has 1 N–H and O–H groups in total. The molecule has 0 spiro atoms. The van der Waals surface area contributed by atoms with Gasteiger partial charge >= 0.3 is 6.09 Å². The van der Waals surface area contributed by atoms with E-state index < -0.39 is 11.4 Å². The third-order valence-corrected chi connectivity index (χ3v) is 7.19. The van der Waals surface area contributed by atoms with Crippen LogP contribution in [0.25, 0.3) is 16.6 Å². The number of ether oxygens (including phenoxy) is 1. The van der Waals surface area contributed by atoms with Crippen molar-refractivity contribution in [3.63, 3.8) is 0 Å². The third-order valence-electron chi connectivity index (χ3n) is 5.91. The van der Waals surface area contributed by atoms with Gasteiger partial charge < -0.3 is 15.0 Å². The number of aromatic nitrogens is 4. The Morgan fingerprint density at radius 1 is 1.16 bits per heavy atom. The maximum absolute atomic E-state index is 14.7. The number of likely N-dealkylation sites (tertiary alicyclic amines) is 1. The molecule has 0 aliphatic carbocycles. The zero-order chi connectivity index (χ0) is 26.0. The van der Waals surface area contributed by atoms with Crippen molar-refractivity contribution in [2.75, 3.05) is 18.4 Å². The molecule has 0 unspecified atom stereocenters. The molecule has 192 valence electrons. The van der Waals surface area contributed by atoms with Crippen molar-refractivity contribution < 1.29 is 13.9 Å². The van der Waals surface area contributed by atoms with E-state index in [0.29, 0.717) is 35.5 Å². The first kappa shape index (κ1) is 25.0. The molecule has 1 amide bonds. The van der Waals surface area contributed by atoms with Gasteiger partial charge in [0.2, 0.25) is 0 Å². The molecule has 10 heteroatoms. The van der Waals surface area contributed by atoms with Gasteiger partial charge in [-0.2, -0.15) is 5.10 Å². The number of anilines is 2. The molecule has 3 aromatic heterocycles. The fourth-order valence-electron chi connectivity index (χ4n) is 4.09. The highest BCUT2D eigenvalue weighted by Crippen LogP contribution is 2.31. The maximum Gasteiger partial charge on any atom is 0.410 e. The molecule has 5 rings (SSSR count). The number of fused-ring (bicyclic) bond motifs is 1. The van der Waals surface area contributed by atoms with Crippen molar-refractivity contribution in [3.8, 4) is 5.69 Å². The minimum absolute atomic E-state index is 0.250. The third kappa shape index (κ3) is 6.19. The second kappa shape index (κ2) is 10.4. The molecular formula is C27H29FN6O2S. The van der Waals surface area contributed by atoms with Crippen LogP contribution >= 0.6 is 11.8 Å². The van der Waals surface area contributed by atoms with Crippen LogP contribution in [0.1, 0.15) is 33.6 Å². The van der Waals surface area contributed by atoms with E-state index in [4.69, 9.17) is 9.72 Å². The summed E-state index contributed by atoms with van der Waals surface area (Å²) in [5.74, 6) is 0.114. The zero-order valence-electron chi connectivity index (χ0n) is 21.0. The summed E-state index contributed by atoms with van der Waals surface area (Å²) in [5.41, 5.74) is 1.25. The van der Waals surface area contributed by atoms with Crippen molar-refractivity contribution >= 4 is 40.3 Å². The average molecular weight is 521 g/mol. The summed E-state index contributed by atoms with van der Waals surface area (Å²) >= 11 is 1.72. The lowest BCUT2D eigenvalue weighted by molar-refractivity contribution is 0.0219. The molecule has 0 atom stereocenters. The standard InChI is InChI=1S/C27H29FN6O2S/c1-27(2,3)36-26(35)33-13-9-20(10-14-33)37-25-8-5-18-17-29-24(16-23(18)32-25)31-22-7-6-19(15-21(22)28)34-12-4-11-30-34/h4-8,11-12,15-17,20H,9-10,13-14H2,1-3H3,(H,29,31). The lowest BCUT2D eigenvalue weighted by atomic mass is 10.1. The first-order valence-electron chi connectivity index (χ1n) is 12.2. The van der Waals surface area contributed by atoms with Gasteiger partial charge in [-0.05, 0) is 63.9 Å². The summed E-state index contributed by atoms with van der Waals surface area (Å²) in [6.45, 7) is 6.98. The van der Waals surface area contributed by atoms with E-state index in [2.05, 4.69) is 15.4 Å². The van der Waals surface area contributed by atoms with Gasteiger partial charge in [-0.3, -0.25) is 0 Å². The van der Waals surface area contributed by atoms with Gasteiger partial charge in [0.05, 0.1) is 21.9 Å². The Kier molecular flexibility index (Phi) is 7.01. The number of carbonyl (C=O) groups is 1. The Labute approximate surface area is 219 Å². The number of pyridine rings is 2. The predicted molar refractivity (Wildman–Crippen MR) is 143 cm³/mol. The molecule has 1 aliphatic rings. The van der Waals surface area contributed by atoms with E-state index in [1.165, 1.54) is 6.07 Å². The average Bonchev–Trinajstić information content (AvgIpc) is 3.40. The molecule has 1 aromatic carbocycles. The number of piperidine rings is 1. The fourth-order valence-corrected chi connectivity index (χ4v) is 5.18. The lowest BCUT2D eigenvalue weighted by Gasteiger charge is -2.33. The van der Waals surface area contributed by atoms with Crippen molar-refractivity contribution in [1.82, 2.24) is 24.6 Å². The summed E-state index contributed by atoms with van der Waals surface area (Å²) in [6.07, 6.45) is 6.64. The minimum atomic E-state index is -0.490. The maximum atomic E-state index is 14.7. The molecule has 8 nitrogen and oxygen atoms in total. The highest BCUT2D eigenvalue weighted by atomic mass is 32.2. The fraction of sp³-hybridized carbons (Fsp3) is 0.333. The zero-order valence-corrected chi connectivity index (χ0v) is 21.8. The molecule has 1 fully saturated rings. The van der Waals surface area contributed by atoms with E-state index in [0.717, 1.165) is 28.8 Å². The summed E-state index contributed by atoms with van der Waals surface area (Å²) in [4.78, 5) is 23.3. The quantitative estimate of drug-likeness (QED) is 0.336. The van der Waals surface area contributed by atoms with Gasteiger partial charge in [0.1, 0.15) is 17.2 Å². The number of halogens is 1. The van der Waals surface area contributed by atoms with Crippen LogP contribution in [-0.2, 0) is 4.74 Å². The Morgan fingerprint density at radius 3 is 2.68 bits per heavy atom. The second-order valence-corrected chi connectivity index (χ2v) is 11.3. The van der Waals surface area contributed by atoms with E-state index in [1.807, 2.05) is 39.0 Å². The monoisotopic (exact) mass is 520 g/mol. The highest BCUT2D eigenvalue weighted by molar-refractivity contribution is 7.99. The lowest BCUT2D eigenvalue weighted by Crippen LogP contribution is -2.42. The van der Waals surface area contributed by atoms with Crippen LogP contribution in [0.15, 0.2) is 66.1 Å². The molecular weight excluding hydrogens is 491 g/mol. The van der Waals surface area contributed by atoms with E-state index >= 15 is 0 Å². The second-order valence-electron chi connectivity index (χ2n) is 9.94. The number of nitrogens with zero attached hydrogens (tertiary/aromatic N) is 5. The normalized spacial score (nSPS) is 14.6. The molecule has 4 aromatic rings. The van der Waals surface area contributed by atoms with Crippen molar-refractivity contribution in [3.05, 3.63) is 66.9 Å². The Bertz CT molecular complexity index is 1400. The number of hydrogen-bond donors (Lipinski definition) is 1. The van der Waals surface area contributed by atoms with Crippen LogP contribution in [0, 0.1) is 5.82 Å². The Morgan fingerprint density at radius 2 is 1.97 bits per heavy atom. The number of rotatable bonds is 5. The van der Waals surface area contributed by atoms with Gasteiger partial charge in [-0.25, -0.2) is 23.8 Å². The molecule has 0 radical (unpaired) electrons. The van der Waals surface area contributed by atoms with Crippen LogP contribution in [0.4, 0.5) is 20.7 Å². The van der Waals surface area contributed by atoms with Gasteiger partial charge in [0.15, 0.2) is 0 Å². The largest absolute Gasteiger partial charge is 0.444 e. The summed E-state index contributed by atoms with van der Waals surface area (Å²) in [7, 11) is 0. The molecule has 1 aliphatic heterocycles.